The van der Waals surface area contributed by atoms with E-state index in [2.05, 4.69) is 18.9 Å². The number of rotatable bonds is 5. The van der Waals surface area contributed by atoms with Crippen LogP contribution in [0.3, 0.4) is 0 Å². The maximum absolute atomic E-state index is 10.4. The summed E-state index contributed by atoms with van der Waals surface area (Å²) in [5.41, 5.74) is 0.994. The maximum Gasteiger partial charge on any atom is 0.0942 e. The molecule has 3 nitrogen and oxygen atoms in total. The van der Waals surface area contributed by atoms with Gasteiger partial charge in [-0.15, -0.1) is 0 Å². The van der Waals surface area contributed by atoms with Crippen LogP contribution in [-0.4, -0.2) is 42.9 Å². The van der Waals surface area contributed by atoms with E-state index in [1.165, 1.54) is 0 Å². The minimum Gasteiger partial charge on any atom is -0.387 e. The highest BCUT2D eigenvalue weighted by atomic mass is 16.5. The smallest absolute Gasteiger partial charge is 0.0942 e. The van der Waals surface area contributed by atoms with E-state index < -0.39 is 6.10 Å². The van der Waals surface area contributed by atoms with Gasteiger partial charge in [0.15, 0.2) is 0 Å². The first-order chi connectivity index (χ1) is 9.18. The Kier molecular flexibility index (Phi) is 5.37. The zero-order valence-corrected chi connectivity index (χ0v) is 12.0. The summed E-state index contributed by atoms with van der Waals surface area (Å²) < 4.78 is 5.39. The number of likely N-dealkylation sites (N-methyl/N-ethyl adjacent to an activating group) is 1. The number of aliphatic hydroxyl groups is 1. The highest BCUT2D eigenvalue weighted by Crippen LogP contribution is 2.22. The molecule has 106 valence electrons. The van der Waals surface area contributed by atoms with Crippen molar-refractivity contribution in [3.05, 3.63) is 35.9 Å². The van der Waals surface area contributed by atoms with E-state index in [1.807, 2.05) is 30.3 Å². The van der Waals surface area contributed by atoms with E-state index in [0.717, 1.165) is 38.2 Å². The fraction of sp³-hybridized carbons (Fsp3) is 0.625. The zero-order chi connectivity index (χ0) is 13.7. The Morgan fingerprint density at radius 3 is 2.53 bits per heavy atom. The van der Waals surface area contributed by atoms with Gasteiger partial charge in [-0.1, -0.05) is 30.3 Å². The van der Waals surface area contributed by atoms with Gasteiger partial charge in [0, 0.05) is 25.8 Å². The van der Waals surface area contributed by atoms with Gasteiger partial charge in [0.2, 0.25) is 0 Å². The second kappa shape index (κ2) is 7.04. The Balaban J connectivity index is 1.89. The molecule has 1 aliphatic heterocycles. The number of nitrogens with zero attached hydrogens (tertiary/aromatic N) is 1. The van der Waals surface area contributed by atoms with Crippen molar-refractivity contribution in [2.24, 2.45) is 5.92 Å². The first-order valence-corrected chi connectivity index (χ1v) is 7.19. The van der Waals surface area contributed by atoms with E-state index in [9.17, 15) is 5.11 Å². The van der Waals surface area contributed by atoms with Crippen molar-refractivity contribution in [2.75, 3.05) is 26.8 Å². The molecule has 1 fully saturated rings. The molecule has 3 heteroatoms. The Morgan fingerprint density at radius 1 is 1.26 bits per heavy atom. The lowest BCUT2D eigenvalue weighted by molar-refractivity contribution is 0.0292. The van der Waals surface area contributed by atoms with Crippen molar-refractivity contribution < 1.29 is 9.84 Å². The summed E-state index contributed by atoms with van der Waals surface area (Å²) in [5.74, 6) is 0.698. The van der Waals surface area contributed by atoms with Crippen LogP contribution in [-0.2, 0) is 4.74 Å². The van der Waals surface area contributed by atoms with Crippen molar-refractivity contribution in [1.29, 1.82) is 0 Å². The van der Waals surface area contributed by atoms with Gasteiger partial charge in [-0.2, -0.15) is 0 Å². The molecule has 0 spiro atoms. The average Bonchev–Trinajstić information content (AvgIpc) is 2.47. The van der Waals surface area contributed by atoms with Crippen LogP contribution >= 0.6 is 0 Å². The number of hydrogen-bond donors (Lipinski definition) is 1. The number of hydrogen-bond acceptors (Lipinski definition) is 3. The van der Waals surface area contributed by atoms with E-state index in [4.69, 9.17) is 4.74 Å². The van der Waals surface area contributed by atoms with E-state index in [0.29, 0.717) is 5.92 Å². The summed E-state index contributed by atoms with van der Waals surface area (Å²) in [6.45, 7) is 4.90. The summed E-state index contributed by atoms with van der Waals surface area (Å²) in [7, 11) is 2.10. The zero-order valence-electron chi connectivity index (χ0n) is 12.0. The van der Waals surface area contributed by atoms with Crippen LogP contribution in [0.25, 0.3) is 0 Å². The lowest BCUT2D eigenvalue weighted by atomic mass is 9.97. The quantitative estimate of drug-likeness (QED) is 0.886. The van der Waals surface area contributed by atoms with Gasteiger partial charge in [-0.3, -0.25) is 0 Å². The van der Waals surface area contributed by atoms with Crippen LogP contribution in [0.15, 0.2) is 30.3 Å². The lowest BCUT2D eigenvalue weighted by Crippen LogP contribution is -2.39. The van der Waals surface area contributed by atoms with Crippen molar-refractivity contribution in [1.82, 2.24) is 4.90 Å². The molecule has 2 unspecified atom stereocenters. The number of ether oxygens (including phenoxy) is 1. The highest BCUT2D eigenvalue weighted by Gasteiger charge is 2.23. The number of aliphatic hydroxyl groups excluding tert-OH is 1. The van der Waals surface area contributed by atoms with E-state index in [-0.39, 0.29) is 6.04 Å². The molecular weight excluding hydrogens is 238 g/mol. The third kappa shape index (κ3) is 4.03. The minimum absolute atomic E-state index is 0.130. The number of benzene rings is 1. The van der Waals surface area contributed by atoms with Crippen LogP contribution in [0.5, 0.6) is 0 Å². The molecule has 2 atom stereocenters. The Morgan fingerprint density at radius 2 is 1.89 bits per heavy atom. The fourth-order valence-corrected chi connectivity index (χ4v) is 2.67. The molecule has 1 aromatic carbocycles. The SMILES string of the molecule is CC(C(O)c1ccccc1)N(C)CC1CCOCC1. The molecule has 1 heterocycles. The van der Waals surface area contributed by atoms with Gasteiger partial charge in [0.1, 0.15) is 0 Å². The van der Waals surface area contributed by atoms with Crippen molar-refractivity contribution in [3.63, 3.8) is 0 Å². The van der Waals surface area contributed by atoms with Crippen molar-refractivity contribution in [3.8, 4) is 0 Å². The minimum atomic E-state index is -0.425. The summed E-state index contributed by atoms with van der Waals surface area (Å²) in [5, 5.41) is 10.4. The van der Waals surface area contributed by atoms with Gasteiger partial charge in [-0.05, 0) is 38.3 Å². The molecule has 0 radical (unpaired) electrons. The molecule has 0 bridgehead atoms. The Bertz CT molecular complexity index is 362. The second-order valence-corrected chi connectivity index (χ2v) is 5.59. The predicted octanol–water partition coefficient (Wildman–Crippen LogP) is 2.47. The molecule has 0 amide bonds. The van der Waals surface area contributed by atoms with Gasteiger partial charge >= 0.3 is 0 Å². The van der Waals surface area contributed by atoms with Crippen molar-refractivity contribution in [2.45, 2.75) is 31.9 Å². The normalized spacial score (nSPS) is 20.4. The standard InChI is InChI=1S/C16H25NO2/c1-13(16(18)15-6-4-3-5-7-15)17(2)12-14-8-10-19-11-9-14/h3-7,13-14,16,18H,8-12H2,1-2H3. The van der Waals surface area contributed by atoms with Gasteiger partial charge < -0.3 is 14.7 Å². The molecule has 1 saturated heterocycles. The first-order valence-electron chi connectivity index (χ1n) is 7.19. The summed E-state index contributed by atoms with van der Waals surface area (Å²) in [6.07, 6.45) is 1.85. The van der Waals surface area contributed by atoms with Crippen LogP contribution in [0.1, 0.15) is 31.4 Å². The van der Waals surface area contributed by atoms with Gasteiger partial charge in [0.25, 0.3) is 0 Å². The van der Waals surface area contributed by atoms with Crippen LogP contribution in [0, 0.1) is 5.92 Å². The van der Waals surface area contributed by atoms with Crippen LogP contribution < -0.4 is 0 Å². The molecule has 19 heavy (non-hydrogen) atoms. The second-order valence-electron chi connectivity index (χ2n) is 5.59. The third-order valence-corrected chi connectivity index (χ3v) is 4.18. The molecular formula is C16H25NO2. The summed E-state index contributed by atoms with van der Waals surface area (Å²) in [4.78, 5) is 2.27. The fourth-order valence-electron chi connectivity index (χ4n) is 2.67. The molecule has 1 N–H and O–H groups in total. The maximum atomic E-state index is 10.4. The molecule has 0 aromatic heterocycles. The molecule has 1 aromatic rings. The summed E-state index contributed by atoms with van der Waals surface area (Å²) in [6, 6.07) is 10.0. The average molecular weight is 263 g/mol. The monoisotopic (exact) mass is 263 g/mol. The van der Waals surface area contributed by atoms with Crippen LogP contribution in [0.2, 0.25) is 0 Å². The molecule has 2 rings (SSSR count). The Hall–Kier alpha value is -0.900. The first kappa shape index (κ1) is 14.5. The van der Waals surface area contributed by atoms with Gasteiger partial charge in [-0.25, -0.2) is 0 Å². The Labute approximate surface area is 116 Å². The van der Waals surface area contributed by atoms with Crippen LogP contribution in [0.4, 0.5) is 0 Å². The predicted molar refractivity (Wildman–Crippen MR) is 77.0 cm³/mol. The van der Waals surface area contributed by atoms with Crippen molar-refractivity contribution >= 4 is 0 Å². The highest BCUT2D eigenvalue weighted by molar-refractivity contribution is 5.18. The lowest BCUT2D eigenvalue weighted by Gasteiger charge is -2.33. The topological polar surface area (TPSA) is 32.7 Å². The van der Waals surface area contributed by atoms with E-state index >= 15 is 0 Å². The van der Waals surface area contributed by atoms with E-state index in [1.54, 1.807) is 0 Å². The molecule has 0 saturated carbocycles. The molecule has 1 aliphatic rings. The molecule has 0 aliphatic carbocycles. The third-order valence-electron chi connectivity index (χ3n) is 4.18. The van der Waals surface area contributed by atoms with Gasteiger partial charge in [0.05, 0.1) is 6.10 Å². The largest absolute Gasteiger partial charge is 0.387 e. The summed E-state index contributed by atoms with van der Waals surface area (Å²) >= 11 is 0.